The van der Waals surface area contributed by atoms with Crippen LogP contribution in [0.25, 0.3) is 5.69 Å². The van der Waals surface area contributed by atoms with E-state index in [-0.39, 0.29) is 0 Å². The molecular formula is C13H17N2+. The monoisotopic (exact) mass is 201 g/mol. The molecule has 0 aliphatic heterocycles. The predicted molar refractivity (Wildman–Crippen MR) is 60.9 cm³/mol. The van der Waals surface area contributed by atoms with Crippen molar-refractivity contribution in [3.8, 4) is 5.69 Å². The van der Waals surface area contributed by atoms with Crippen LogP contribution in [-0.2, 0) is 13.5 Å². The Morgan fingerprint density at radius 2 is 1.93 bits per heavy atom. The summed E-state index contributed by atoms with van der Waals surface area (Å²) in [5.41, 5.74) is 2.63. The summed E-state index contributed by atoms with van der Waals surface area (Å²) in [5.74, 6) is 0. The largest absolute Gasteiger partial charge is 0.248 e. The summed E-state index contributed by atoms with van der Waals surface area (Å²) < 4.78 is 4.16. The van der Waals surface area contributed by atoms with E-state index in [9.17, 15) is 0 Å². The van der Waals surface area contributed by atoms with Crippen LogP contribution in [0, 0.1) is 0 Å². The zero-order chi connectivity index (χ0) is 10.7. The van der Waals surface area contributed by atoms with E-state index in [2.05, 4.69) is 48.3 Å². The third-order valence-electron chi connectivity index (χ3n) is 2.54. The van der Waals surface area contributed by atoms with E-state index in [1.165, 1.54) is 24.1 Å². The molecule has 0 N–H and O–H groups in total. The van der Waals surface area contributed by atoms with Gasteiger partial charge in [-0.15, -0.1) is 0 Å². The van der Waals surface area contributed by atoms with Gasteiger partial charge in [0.2, 0.25) is 6.33 Å². The Balaban J connectivity index is 2.23. The van der Waals surface area contributed by atoms with Crippen molar-refractivity contribution in [2.24, 2.45) is 7.05 Å². The van der Waals surface area contributed by atoms with Crippen LogP contribution in [0.1, 0.15) is 18.9 Å². The standard InChI is InChI=1S/C13H17N2/c1-3-4-12-5-7-13(8-6-12)15-10-9-14(2)11-15/h5-11H,3-4H2,1-2H3/q+1. The van der Waals surface area contributed by atoms with Crippen LogP contribution in [-0.4, -0.2) is 4.57 Å². The third-order valence-corrected chi connectivity index (χ3v) is 2.54. The molecule has 0 aliphatic rings. The molecule has 2 heteroatoms. The van der Waals surface area contributed by atoms with Crippen molar-refractivity contribution in [3.63, 3.8) is 0 Å². The minimum atomic E-state index is 1.17. The average Bonchev–Trinajstić information content (AvgIpc) is 2.67. The van der Waals surface area contributed by atoms with E-state index in [1.807, 2.05) is 17.8 Å². The number of benzene rings is 1. The van der Waals surface area contributed by atoms with Crippen LogP contribution in [0.5, 0.6) is 0 Å². The molecule has 2 nitrogen and oxygen atoms in total. The zero-order valence-corrected chi connectivity index (χ0v) is 9.35. The van der Waals surface area contributed by atoms with Gasteiger partial charge in [0.25, 0.3) is 0 Å². The highest BCUT2D eigenvalue weighted by Gasteiger charge is 2.03. The van der Waals surface area contributed by atoms with Gasteiger partial charge in [-0.05, 0) is 24.1 Å². The van der Waals surface area contributed by atoms with Crippen LogP contribution < -0.4 is 4.57 Å². The number of nitrogens with zero attached hydrogens (tertiary/aromatic N) is 2. The fraction of sp³-hybridized carbons (Fsp3) is 0.308. The highest BCUT2D eigenvalue weighted by atomic mass is 15.1. The summed E-state index contributed by atoms with van der Waals surface area (Å²) in [6.45, 7) is 2.21. The molecule has 1 heterocycles. The number of aromatic nitrogens is 2. The van der Waals surface area contributed by atoms with Gasteiger partial charge in [0.15, 0.2) is 0 Å². The summed E-state index contributed by atoms with van der Waals surface area (Å²) in [5, 5.41) is 0. The molecule has 15 heavy (non-hydrogen) atoms. The molecule has 2 rings (SSSR count). The van der Waals surface area contributed by atoms with Gasteiger partial charge in [0.1, 0.15) is 18.1 Å². The maximum atomic E-state index is 2.21. The number of imidazole rings is 1. The van der Waals surface area contributed by atoms with E-state index in [0.29, 0.717) is 0 Å². The Morgan fingerprint density at radius 3 is 2.47 bits per heavy atom. The Labute approximate surface area is 90.8 Å². The van der Waals surface area contributed by atoms with E-state index in [1.54, 1.807) is 0 Å². The van der Waals surface area contributed by atoms with Gasteiger partial charge in [0, 0.05) is 0 Å². The van der Waals surface area contributed by atoms with Crippen molar-refractivity contribution in [1.82, 2.24) is 4.57 Å². The van der Waals surface area contributed by atoms with Gasteiger partial charge in [-0.2, -0.15) is 0 Å². The summed E-state index contributed by atoms with van der Waals surface area (Å²) in [7, 11) is 2.03. The molecule has 78 valence electrons. The van der Waals surface area contributed by atoms with Crippen molar-refractivity contribution >= 4 is 0 Å². The molecule has 0 saturated carbocycles. The predicted octanol–water partition coefficient (Wildman–Crippen LogP) is 2.25. The molecule has 2 aromatic rings. The highest BCUT2D eigenvalue weighted by Crippen LogP contribution is 2.10. The smallest absolute Gasteiger partial charge is 0.239 e. The lowest BCUT2D eigenvalue weighted by Crippen LogP contribution is -2.23. The van der Waals surface area contributed by atoms with Crippen LogP contribution in [0.4, 0.5) is 0 Å². The number of hydrogen-bond donors (Lipinski definition) is 0. The second-order valence-corrected chi connectivity index (χ2v) is 3.90. The van der Waals surface area contributed by atoms with Gasteiger partial charge in [-0.25, -0.2) is 9.13 Å². The summed E-state index contributed by atoms with van der Waals surface area (Å²) in [4.78, 5) is 0. The minimum absolute atomic E-state index is 1.17. The minimum Gasteiger partial charge on any atom is -0.239 e. The maximum Gasteiger partial charge on any atom is 0.248 e. The highest BCUT2D eigenvalue weighted by molar-refractivity contribution is 5.34. The summed E-state index contributed by atoms with van der Waals surface area (Å²) >= 11 is 0. The lowest BCUT2D eigenvalue weighted by atomic mass is 10.1. The van der Waals surface area contributed by atoms with E-state index in [4.69, 9.17) is 0 Å². The van der Waals surface area contributed by atoms with Crippen LogP contribution in [0.2, 0.25) is 0 Å². The van der Waals surface area contributed by atoms with Crippen molar-refractivity contribution in [2.75, 3.05) is 0 Å². The number of rotatable bonds is 3. The average molecular weight is 201 g/mol. The molecular weight excluding hydrogens is 184 g/mol. The van der Waals surface area contributed by atoms with Gasteiger partial charge >= 0.3 is 0 Å². The first-order chi connectivity index (χ1) is 7.29. The third kappa shape index (κ3) is 2.27. The Morgan fingerprint density at radius 1 is 1.20 bits per heavy atom. The molecule has 0 spiro atoms. The Kier molecular flexibility index (Phi) is 2.86. The fourth-order valence-corrected chi connectivity index (χ4v) is 1.73. The van der Waals surface area contributed by atoms with E-state index < -0.39 is 0 Å². The maximum absolute atomic E-state index is 2.21. The molecule has 0 aliphatic carbocycles. The van der Waals surface area contributed by atoms with E-state index >= 15 is 0 Å². The van der Waals surface area contributed by atoms with Crippen LogP contribution in [0.3, 0.4) is 0 Å². The molecule has 1 aromatic heterocycles. The molecule has 0 saturated heterocycles. The lowest BCUT2D eigenvalue weighted by molar-refractivity contribution is -0.670. The quantitative estimate of drug-likeness (QED) is 0.673. The summed E-state index contributed by atoms with van der Waals surface area (Å²) in [6.07, 6.45) is 8.54. The molecule has 0 atom stereocenters. The van der Waals surface area contributed by atoms with Crippen LogP contribution in [0.15, 0.2) is 43.0 Å². The molecule has 0 fully saturated rings. The van der Waals surface area contributed by atoms with Crippen molar-refractivity contribution < 1.29 is 4.57 Å². The fourth-order valence-electron chi connectivity index (χ4n) is 1.73. The first kappa shape index (κ1) is 9.97. The summed E-state index contributed by atoms with van der Waals surface area (Å²) in [6, 6.07) is 8.76. The van der Waals surface area contributed by atoms with Crippen molar-refractivity contribution in [1.29, 1.82) is 0 Å². The Hall–Kier alpha value is -1.57. The molecule has 0 radical (unpaired) electrons. The van der Waals surface area contributed by atoms with Gasteiger partial charge in [-0.1, -0.05) is 25.5 Å². The van der Waals surface area contributed by atoms with Crippen molar-refractivity contribution in [2.45, 2.75) is 19.8 Å². The van der Waals surface area contributed by atoms with Crippen molar-refractivity contribution in [3.05, 3.63) is 48.5 Å². The van der Waals surface area contributed by atoms with Gasteiger partial charge in [0.05, 0.1) is 7.05 Å². The number of hydrogen-bond acceptors (Lipinski definition) is 0. The first-order valence-electron chi connectivity index (χ1n) is 5.42. The normalized spacial score (nSPS) is 10.5. The Bertz CT molecular complexity index is 426. The second kappa shape index (κ2) is 4.30. The molecule has 1 aromatic carbocycles. The second-order valence-electron chi connectivity index (χ2n) is 3.90. The van der Waals surface area contributed by atoms with Gasteiger partial charge in [-0.3, -0.25) is 0 Å². The molecule has 0 amide bonds. The SMILES string of the molecule is CCCc1ccc(-n2cc[n+](C)c2)cc1. The van der Waals surface area contributed by atoms with Crippen LogP contribution >= 0.6 is 0 Å². The molecule has 0 unspecified atom stereocenters. The van der Waals surface area contributed by atoms with Gasteiger partial charge < -0.3 is 0 Å². The lowest BCUT2D eigenvalue weighted by Gasteiger charge is -1.99. The topological polar surface area (TPSA) is 8.81 Å². The number of aryl methyl sites for hydroxylation is 2. The van der Waals surface area contributed by atoms with E-state index in [0.717, 1.165) is 0 Å². The first-order valence-corrected chi connectivity index (χ1v) is 5.42. The zero-order valence-electron chi connectivity index (χ0n) is 9.35. The molecule has 0 bridgehead atoms.